The van der Waals surface area contributed by atoms with Crippen molar-refractivity contribution in [2.24, 2.45) is 0 Å². The molecule has 1 aromatic heterocycles. The van der Waals surface area contributed by atoms with Crippen LogP contribution in [0.5, 0.6) is 0 Å². The monoisotopic (exact) mass is 235 g/mol. The minimum atomic E-state index is 0.418. The number of nitriles is 1. The molecule has 0 atom stereocenters. The highest BCUT2D eigenvalue weighted by Crippen LogP contribution is 2.31. The van der Waals surface area contributed by atoms with E-state index in [1.165, 1.54) is 11.5 Å². The van der Waals surface area contributed by atoms with E-state index in [-0.39, 0.29) is 0 Å². The SMILES string of the molecule is N#Cc1c2c(nn1C1CCSCC1)COC2. The number of fused-ring (bicyclic) bond motifs is 1. The first kappa shape index (κ1) is 10.2. The number of ether oxygens (including phenoxy) is 1. The van der Waals surface area contributed by atoms with E-state index < -0.39 is 0 Å². The molecule has 0 amide bonds. The van der Waals surface area contributed by atoms with E-state index in [1.807, 2.05) is 16.4 Å². The number of hydrogen-bond donors (Lipinski definition) is 0. The summed E-state index contributed by atoms with van der Waals surface area (Å²) in [5.41, 5.74) is 2.71. The van der Waals surface area contributed by atoms with Crippen LogP contribution in [-0.4, -0.2) is 21.3 Å². The second kappa shape index (κ2) is 4.11. The molecule has 3 rings (SSSR count). The van der Waals surface area contributed by atoms with Crippen LogP contribution in [0.1, 0.15) is 35.8 Å². The van der Waals surface area contributed by atoms with Gasteiger partial charge < -0.3 is 4.74 Å². The molecule has 3 heterocycles. The van der Waals surface area contributed by atoms with Crippen LogP contribution in [0.4, 0.5) is 0 Å². The highest BCUT2D eigenvalue weighted by atomic mass is 32.2. The zero-order valence-electron chi connectivity index (χ0n) is 8.98. The van der Waals surface area contributed by atoms with Crippen molar-refractivity contribution in [2.45, 2.75) is 32.1 Å². The Morgan fingerprint density at radius 2 is 2.19 bits per heavy atom. The highest BCUT2D eigenvalue weighted by molar-refractivity contribution is 7.99. The normalized spacial score (nSPS) is 20.7. The number of aromatic nitrogens is 2. The van der Waals surface area contributed by atoms with Crippen LogP contribution < -0.4 is 0 Å². The van der Waals surface area contributed by atoms with Gasteiger partial charge in [-0.3, -0.25) is 4.68 Å². The standard InChI is InChI=1S/C11H13N3OS/c12-5-11-9-6-15-7-10(9)13-14(11)8-1-3-16-4-2-8/h8H,1-4,6-7H2. The van der Waals surface area contributed by atoms with Crippen LogP contribution in [0, 0.1) is 11.3 Å². The molecule has 0 aliphatic carbocycles. The molecule has 5 heteroatoms. The molecule has 16 heavy (non-hydrogen) atoms. The molecule has 0 aromatic carbocycles. The van der Waals surface area contributed by atoms with Crippen LogP contribution >= 0.6 is 11.8 Å². The molecule has 0 saturated carbocycles. The molecule has 4 nitrogen and oxygen atoms in total. The van der Waals surface area contributed by atoms with Crippen LogP contribution in [-0.2, 0) is 18.0 Å². The summed E-state index contributed by atoms with van der Waals surface area (Å²) in [4.78, 5) is 0. The first-order chi connectivity index (χ1) is 7.90. The van der Waals surface area contributed by atoms with Gasteiger partial charge in [0.15, 0.2) is 0 Å². The second-order valence-corrected chi connectivity index (χ2v) is 5.39. The van der Waals surface area contributed by atoms with E-state index in [0.717, 1.165) is 29.8 Å². The van der Waals surface area contributed by atoms with Gasteiger partial charge in [0.05, 0.1) is 24.9 Å². The largest absolute Gasteiger partial charge is 0.370 e. The number of nitrogens with zero attached hydrogens (tertiary/aromatic N) is 3. The maximum atomic E-state index is 9.23. The van der Waals surface area contributed by atoms with Gasteiger partial charge in [0, 0.05) is 5.56 Å². The number of thioether (sulfide) groups is 1. The van der Waals surface area contributed by atoms with Crippen molar-refractivity contribution >= 4 is 11.8 Å². The summed E-state index contributed by atoms with van der Waals surface area (Å²) in [7, 11) is 0. The van der Waals surface area contributed by atoms with E-state index >= 15 is 0 Å². The zero-order valence-corrected chi connectivity index (χ0v) is 9.79. The van der Waals surface area contributed by atoms with Gasteiger partial charge in [-0.15, -0.1) is 0 Å². The summed E-state index contributed by atoms with van der Waals surface area (Å²) in [6, 6.07) is 2.70. The first-order valence-electron chi connectivity index (χ1n) is 5.56. The summed E-state index contributed by atoms with van der Waals surface area (Å²) in [5.74, 6) is 2.35. The van der Waals surface area contributed by atoms with Gasteiger partial charge in [0.2, 0.25) is 0 Å². The lowest BCUT2D eigenvalue weighted by atomic mass is 10.1. The molecule has 1 fully saturated rings. The van der Waals surface area contributed by atoms with Gasteiger partial charge in [0.25, 0.3) is 0 Å². The molecule has 1 saturated heterocycles. The van der Waals surface area contributed by atoms with E-state index in [1.54, 1.807) is 0 Å². The van der Waals surface area contributed by atoms with Crippen LogP contribution in [0.3, 0.4) is 0 Å². The van der Waals surface area contributed by atoms with E-state index in [0.29, 0.717) is 19.3 Å². The third kappa shape index (κ3) is 1.53. The highest BCUT2D eigenvalue weighted by Gasteiger charge is 2.27. The summed E-state index contributed by atoms with van der Waals surface area (Å²) in [5, 5.41) is 13.8. The topological polar surface area (TPSA) is 50.8 Å². The van der Waals surface area contributed by atoms with E-state index in [9.17, 15) is 5.26 Å². The third-order valence-electron chi connectivity index (χ3n) is 3.22. The second-order valence-electron chi connectivity index (χ2n) is 4.17. The predicted octanol–water partition coefficient (Wildman–Crippen LogP) is 1.85. The van der Waals surface area contributed by atoms with Gasteiger partial charge in [-0.05, 0) is 24.3 Å². The van der Waals surface area contributed by atoms with Crippen LogP contribution in [0.15, 0.2) is 0 Å². The van der Waals surface area contributed by atoms with Crippen molar-refractivity contribution in [3.8, 4) is 6.07 Å². The average molecular weight is 235 g/mol. The molecule has 0 bridgehead atoms. The molecule has 0 radical (unpaired) electrons. The molecule has 2 aliphatic rings. The molecule has 1 aromatic rings. The van der Waals surface area contributed by atoms with E-state index in [4.69, 9.17) is 4.74 Å². The lowest BCUT2D eigenvalue weighted by Gasteiger charge is -2.22. The summed E-state index contributed by atoms with van der Waals surface area (Å²) in [6.07, 6.45) is 2.25. The van der Waals surface area contributed by atoms with Crippen molar-refractivity contribution in [3.63, 3.8) is 0 Å². The Morgan fingerprint density at radius 3 is 2.94 bits per heavy atom. The molecule has 2 aliphatic heterocycles. The number of rotatable bonds is 1. The fourth-order valence-electron chi connectivity index (χ4n) is 2.35. The minimum absolute atomic E-state index is 0.418. The number of hydrogen-bond acceptors (Lipinski definition) is 4. The van der Waals surface area contributed by atoms with Crippen molar-refractivity contribution in [1.29, 1.82) is 5.26 Å². The van der Waals surface area contributed by atoms with Gasteiger partial charge in [0.1, 0.15) is 11.8 Å². The van der Waals surface area contributed by atoms with Crippen molar-refractivity contribution in [3.05, 3.63) is 17.0 Å². The summed E-state index contributed by atoms with van der Waals surface area (Å²) >= 11 is 1.99. The maximum absolute atomic E-state index is 9.23. The van der Waals surface area contributed by atoms with Crippen molar-refractivity contribution in [1.82, 2.24) is 9.78 Å². The van der Waals surface area contributed by atoms with Crippen LogP contribution in [0.2, 0.25) is 0 Å². The van der Waals surface area contributed by atoms with Crippen molar-refractivity contribution in [2.75, 3.05) is 11.5 Å². The summed E-state index contributed by atoms with van der Waals surface area (Å²) < 4.78 is 7.26. The average Bonchev–Trinajstić information content (AvgIpc) is 2.89. The Kier molecular flexibility index (Phi) is 2.62. The zero-order chi connectivity index (χ0) is 11.0. The van der Waals surface area contributed by atoms with Crippen molar-refractivity contribution < 1.29 is 4.74 Å². The van der Waals surface area contributed by atoms with Crippen LogP contribution in [0.25, 0.3) is 0 Å². The van der Waals surface area contributed by atoms with Gasteiger partial charge in [-0.1, -0.05) is 0 Å². The quantitative estimate of drug-likeness (QED) is 0.745. The fourth-order valence-corrected chi connectivity index (χ4v) is 3.43. The van der Waals surface area contributed by atoms with Gasteiger partial charge >= 0.3 is 0 Å². The molecule has 84 valence electrons. The Hall–Kier alpha value is -0.990. The van der Waals surface area contributed by atoms with E-state index in [2.05, 4.69) is 11.2 Å². The molecule has 0 unspecified atom stereocenters. The van der Waals surface area contributed by atoms with Gasteiger partial charge in [-0.2, -0.15) is 22.1 Å². The fraction of sp³-hybridized carbons (Fsp3) is 0.636. The lowest BCUT2D eigenvalue weighted by molar-refractivity contribution is 0.130. The molecular formula is C11H13N3OS. The Labute approximate surface area is 98.6 Å². The summed E-state index contributed by atoms with van der Waals surface area (Å²) in [6.45, 7) is 1.12. The lowest BCUT2D eigenvalue weighted by Crippen LogP contribution is -2.18. The Balaban J connectivity index is 1.97. The smallest absolute Gasteiger partial charge is 0.144 e. The van der Waals surface area contributed by atoms with Gasteiger partial charge in [-0.25, -0.2) is 0 Å². The molecule has 0 N–H and O–H groups in total. The predicted molar refractivity (Wildman–Crippen MR) is 61.0 cm³/mol. The maximum Gasteiger partial charge on any atom is 0.144 e. The molecule has 0 spiro atoms. The third-order valence-corrected chi connectivity index (χ3v) is 4.27. The first-order valence-corrected chi connectivity index (χ1v) is 6.71. The minimum Gasteiger partial charge on any atom is -0.370 e. The Morgan fingerprint density at radius 1 is 1.38 bits per heavy atom. The Bertz CT molecular complexity index is 443. The molecular weight excluding hydrogens is 222 g/mol.